The molecular weight excluding hydrogens is 498 g/mol. The van der Waals surface area contributed by atoms with Crippen LogP contribution in [-0.4, -0.2) is 35.7 Å². The maximum atomic E-state index is 12.4. The predicted molar refractivity (Wildman–Crippen MR) is 124 cm³/mol. The van der Waals surface area contributed by atoms with E-state index in [9.17, 15) is 4.79 Å². The molecule has 0 bridgehead atoms. The Balaban J connectivity index is 1.40. The van der Waals surface area contributed by atoms with E-state index in [1.54, 1.807) is 41.8 Å². The summed E-state index contributed by atoms with van der Waals surface area (Å²) in [5.41, 5.74) is 1.79. The molecule has 2 aromatic carbocycles. The molecule has 0 fully saturated rings. The van der Waals surface area contributed by atoms with E-state index in [2.05, 4.69) is 20.9 Å². The van der Waals surface area contributed by atoms with Gasteiger partial charge in [-0.25, -0.2) is 0 Å². The Morgan fingerprint density at radius 2 is 2.12 bits per heavy atom. The van der Waals surface area contributed by atoms with E-state index < -0.39 is 5.91 Å². The molecule has 1 N–H and O–H groups in total. The molecule has 1 amide bonds. The number of thioether (sulfide) groups is 1. The smallest absolute Gasteiger partial charge is 0.283 e. The van der Waals surface area contributed by atoms with Crippen molar-refractivity contribution in [2.75, 3.05) is 13.9 Å². The molecule has 0 aromatic heterocycles. The fourth-order valence-corrected chi connectivity index (χ4v) is 4.63. The summed E-state index contributed by atoms with van der Waals surface area (Å²) in [4.78, 5) is 18.1. The Hall–Kier alpha value is -3.24. The van der Waals surface area contributed by atoms with Gasteiger partial charge in [-0.3, -0.25) is 15.1 Å². The van der Waals surface area contributed by atoms with Gasteiger partial charge < -0.3 is 18.9 Å². The molecule has 0 unspecified atom stereocenters. The quantitative estimate of drug-likeness (QED) is 0.586. The molecule has 0 saturated heterocycles. The molecule has 5 rings (SSSR count). The summed E-state index contributed by atoms with van der Waals surface area (Å²) >= 11 is 4.84. The minimum absolute atomic E-state index is 0.0828. The van der Waals surface area contributed by atoms with E-state index in [1.807, 2.05) is 18.2 Å². The van der Waals surface area contributed by atoms with Crippen LogP contribution < -0.4 is 18.9 Å². The molecule has 0 radical (unpaired) electrons. The summed E-state index contributed by atoms with van der Waals surface area (Å²) in [7, 11) is 1.54. The lowest BCUT2D eigenvalue weighted by Crippen LogP contribution is -2.35. The van der Waals surface area contributed by atoms with Gasteiger partial charge in [0.25, 0.3) is 5.91 Å². The molecule has 3 aliphatic rings. The molecule has 0 atom stereocenters. The fraction of sp³-hybridized carbons (Fsp3) is 0.136. The van der Waals surface area contributed by atoms with Crippen molar-refractivity contribution in [2.24, 2.45) is 4.99 Å². The van der Waals surface area contributed by atoms with Gasteiger partial charge in [-0.05, 0) is 62.8 Å². The summed E-state index contributed by atoms with van der Waals surface area (Å²) in [5.74, 6) is 2.05. The van der Waals surface area contributed by atoms with Crippen LogP contribution in [0, 0.1) is 5.41 Å². The predicted octanol–water partition coefficient (Wildman–Crippen LogP) is 4.54. The van der Waals surface area contributed by atoms with Gasteiger partial charge in [-0.15, -0.1) is 0 Å². The van der Waals surface area contributed by atoms with Crippen LogP contribution in [0.2, 0.25) is 0 Å². The lowest BCUT2D eigenvalue weighted by molar-refractivity contribution is -0.114. The number of carbonyl (C=O) groups excluding carboxylic acids is 1. The summed E-state index contributed by atoms with van der Waals surface area (Å²) in [6, 6.07) is 9.19. The van der Waals surface area contributed by atoms with E-state index in [0.29, 0.717) is 44.8 Å². The van der Waals surface area contributed by atoms with Gasteiger partial charge in [0, 0.05) is 6.20 Å². The number of methoxy groups -OCH3 is 1. The Bertz CT molecular complexity index is 1240. The van der Waals surface area contributed by atoms with Crippen molar-refractivity contribution in [2.45, 2.75) is 6.61 Å². The lowest BCUT2D eigenvalue weighted by Gasteiger charge is -2.22. The monoisotopic (exact) mass is 513 g/mol. The largest absolute Gasteiger partial charge is 0.493 e. The van der Waals surface area contributed by atoms with Crippen LogP contribution in [0.15, 0.2) is 57.0 Å². The number of ether oxygens (including phenoxy) is 4. The van der Waals surface area contributed by atoms with Crippen molar-refractivity contribution in [1.82, 2.24) is 4.90 Å². The SMILES string of the molecule is COc1cc(C=C2C(=N)N3C=CSC3=NC2=O)cc(Br)c1OCc1ccc2c(c1)OCO2. The van der Waals surface area contributed by atoms with E-state index in [1.165, 1.54) is 11.8 Å². The first-order chi connectivity index (χ1) is 15.5. The minimum Gasteiger partial charge on any atom is -0.493 e. The van der Waals surface area contributed by atoms with Crippen LogP contribution in [0.25, 0.3) is 6.08 Å². The number of amides is 1. The van der Waals surface area contributed by atoms with Crippen molar-refractivity contribution in [3.8, 4) is 23.0 Å². The van der Waals surface area contributed by atoms with Gasteiger partial charge in [0.15, 0.2) is 28.2 Å². The van der Waals surface area contributed by atoms with Gasteiger partial charge in [0.1, 0.15) is 12.4 Å². The van der Waals surface area contributed by atoms with Crippen LogP contribution >= 0.6 is 27.7 Å². The standard InChI is InChI=1S/C22H16BrN3O5S/c1-28-18-9-13(6-14-20(24)26-4-5-32-22(26)25-21(14)27)7-15(23)19(18)29-10-12-2-3-16-17(8-12)31-11-30-16/h2-9,24H,10-11H2,1H3. The van der Waals surface area contributed by atoms with Crippen LogP contribution in [0.1, 0.15) is 11.1 Å². The highest BCUT2D eigenvalue weighted by Crippen LogP contribution is 2.39. The van der Waals surface area contributed by atoms with Crippen molar-refractivity contribution in [1.29, 1.82) is 5.41 Å². The average molecular weight is 514 g/mol. The Morgan fingerprint density at radius 1 is 1.28 bits per heavy atom. The third kappa shape index (κ3) is 3.76. The molecular formula is C22H16BrN3O5S. The molecule has 32 heavy (non-hydrogen) atoms. The summed E-state index contributed by atoms with van der Waals surface area (Å²) in [6.07, 6.45) is 3.34. The first-order valence-corrected chi connectivity index (χ1v) is 11.2. The molecule has 0 saturated carbocycles. The van der Waals surface area contributed by atoms with Crippen molar-refractivity contribution in [3.63, 3.8) is 0 Å². The zero-order chi connectivity index (χ0) is 22.2. The molecule has 8 nitrogen and oxygen atoms in total. The maximum Gasteiger partial charge on any atom is 0.283 e. The van der Waals surface area contributed by atoms with E-state index >= 15 is 0 Å². The molecule has 162 valence electrons. The number of fused-ring (bicyclic) bond motifs is 2. The van der Waals surface area contributed by atoms with E-state index in [0.717, 1.165) is 5.56 Å². The van der Waals surface area contributed by atoms with Gasteiger partial charge >= 0.3 is 0 Å². The third-order valence-electron chi connectivity index (χ3n) is 4.90. The lowest BCUT2D eigenvalue weighted by atomic mass is 10.1. The molecule has 0 spiro atoms. The van der Waals surface area contributed by atoms with Crippen LogP contribution in [-0.2, 0) is 11.4 Å². The zero-order valence-corrected chi connectivity index (χ0v) is 19.2. The highest BCUT2D eigenvalue weighted by atomic mass is 79.9. The zero-order valence-electron chi connectivity index (χ0n) is 16.8. The summed E-state index contributed by atoms with van der Waals surface area (Å²) in [6.45, 7) is 0.515. The highest BCUT2D eigenvalue weighted by molar-refractivity contribution is 9.10. The van der Waals surface area contributed by atoms with Gasteiger partial charge in [0.2, 0.25) is 6.79 Å². The fourth-order valence-electron chi connectivity index (χ4n) is 3.35. The second-order valence-electron chi connectivity index (χ2n) is 6.89. The Morgan fingerprint density at radius 3 is 2.97 bits per heavy atom. The second-order valence-corrected chi connectivity index (χ2v) is 8.62. The maximum absolute atomic E-state index is 12.4. The van der Waals surface area contributed by atoms with Gasteiger partial charge in [-0.2, -0.15) is 4.99 Å². The summed E-state index contributed by atoms with van der Waals surface area (Å²) in [5, 5.41) is 10.6. The number of benzene rings is 2. The topological polar surface area (TPSA) is 93.4 Å². The number of aliphatic imine (C=N–C) groups is 1. The third-order valence-corrected chi connectivity index (χ3v) is 6.24. The van der Waals surface area contributed by atoms with Crippen LogP contribution in [0.5, 0.6) is 23.0 Å². The summed E-state index contributed by atoms with van der Waals surface area (Å²) < 4.78 is 22.9. The van der Waals surface area contributed by atoms with Crippen molar-refractivity contribution in [3.05, 3.63) is 63.1 Å². The van der Waals surface area contributed by atoms with Crippen molar-refractivity contribution >= 4 is 50.7 Å². The number of hydrogen-bond donors (Lipinski definition) is 1. The van der Waals surface area contributed by atoms with E-state index in [4.69, 9.17) is 24.4 Å². The molecule has 2 aromatic rings. The van der Waals surface area contributed by atoms with Gasteiger partial charge in [0.05, 0.1) is 17.2 Å². The van der Waals surface area contributed by atoms with Gasteiger partial charge in [-0.1, -0.05) is 17.8 Å². The number of rotatable bonds is 5. The Kier molecular flexibility index (Phi) is 5.40. The van der Waals surface area contributed by atoms with Crippen molar-refractivity contribution < 1.29 is 23.7 Å². The molecule has 3 aliphatic heterocycles. The van der Waals surface area contributed by atoms with E-state index in [-0.39, 0.29) is 18.2 Å². The number of amidine groups is 2. The second kappa shape index (κ2) is 8.36. The van der Waals surface area contributed by atoms with Crippen LogP contribution in [0.3, 0.4) is 0 Å². The number of nitrogens with one attached hydrogen (secondary N) is 1. The first-order valence-electron chi connectivity index (χ1n) is 9.48. The normalized spacial score (nSPS) is 17.6. The first kappa shape index (κ1) is 20.7. The number of halogens is 1. The minimum atomic E-state index is -0.448. The molecule has 10 heteroatoms. The highest BCUT2D eigenvalue weighted by Gasteiger charge is 2.31. The average Bonchev–Trinajstić information content (AvgIpc) is 3.44. The molecule has 3 heterocycles. The molecule has 0 aliphatic carbocycles. The van der Waals surface area contributed by atoms with Crippen LogP contribution in [0.4, 0.5) is 0 Å². The number of carbonyl (C=O) groups is 1. The number of hydrogen-bond acceptors (Lipinski definition) is 7. The Labute approximate surface area is 196 Å². The number of nitrogens with zero attached hydrogens (tertiary/aromatic N) is 2.